The Morgan fingerprint density at radius 2 is 2.40 bits per heavy atom. The summed E-state index contributed by atoms with van der Waals surface area (Å²) in [4.78, 5) is 14.2. The number of likely N-dealkylation sites (N-methyl/N-ethyl adjacent to an activating group) is 1. The minimum Gasteiger partial charge on any atom is -0.459 e. The van der Waals surface area contributed by atoms with Gasteiger partial charge in [0.15, 0.2) is 0 Å². The Morgan fingerprint density at radius 3 is 3.15 bits per heavy atom. The number of hydrogen-bond acceptors (Lipinski definition) is 5. The molecular weight excluding hydrogens is 280 g/mol. The number of nitrogen functional groups attached to an aromatic ring is 1. The van der Waals surface area contributed by atoms with Crippen LogP contribution >= 0.6 is 11.6 Å². The van der Waals surface area contributed by atoms with Gasteiger partial charge in [-0.2, -0.15) is 0 Å². The lowest BCUT2D eigenvalue weighted by atomic mass is 10.2. The third-order valence-electron chi connectivity index (χ3n) is 3.31. The summed E-state index contributed by atoms with van der Waals surface area (Å²) in [7, 11) is 0. The number of nitrogens with zero attached hydrogens (tertiary/aromatic N) is 1. The summed E-state index contributed by atoms with van der Waals surface area (Å²) in [5.74, 6) is -0.470. The Labute approximate surface area is 123 Å². The van der Waals surface area contributed by atoms with Gasteiger partial charge in [-0.25, -0.2) is 4.79 Å². The molecule has 1 fully saturated rings. The van der Waals surface area contributed by atoms with Gasteiger partial charge in [0, 0.05) is 23.8 Å². The fourth-order valence-electron chi connectivity index (χ4n) is 2.12. The van der Waals surface area contributed by atoms with Crippen LogP contribution in [0.15, 0.2) is 18.2 Å². The first-order valence-corrected chi connectivity index (χ1v) is 7.04. The van der Waals surface area contributed by atoms with Crippen LogP contribution in [0.25, 0.3) is 0 Å². The highest BCUT2D eigenvalue weighted by molar-refractivity contribution is 6.31. The van der Waals surface area contributed by atoms with Crippen molar-refractivity contribution in [1.29, 1.82) is 0 Å². The van der Waals surface area contributed by atoms with Crippen molar-refractivity contribution in [3.05, 3.63) is 28.8 Å². The van der Waals surface area contributed by atoms with Gasteiger partial charge in [0.1, 0.15) is 12.7 Å². The molecule has 1 aliphatic rings. The lowest BCUT2D eigenvalue weighted by Gasteiger charge is -2.31. The standard InChI is InChI=1S/C14H19ClN2O3/c1-2-17-5-6-19-11(8-17)9-20-14(18)12-7-10(15)3-4-13(12)16/h3-4,7,11H,2,5-6,8-9,16H2,1H3. The van der Waals surface area contributed by atoms with Gasteiger partial charge in [0.2, 0.25) is 0 Å². The predicted octanol–water partition coefficient (Wildman–Crippen LogP) is 1.80. The van der Waals surface area contributed by atoms with Crippen molar-refractivity contribution in [2.45, 2.75) is 13.0 Å². The number of esters is 1. The number of halogens is 1. The maximum Gasteiger partial charge on any atom is 0.340 e. The molecule has 6 heteroatoms. The number of anilines is 1. The van der Waals surface area contributed by atoms with Crippen molar-refractivity contribution in [3.8, 4) is 0 Å². The van der Waals surface area contributed by atoms with E-state index in [2.05, 4.69) is 11.8 Å². The summed E-state index contributed by atoms with van der Waals surface area (Å²) in [5.41, 5.74) is 6.40. The van der Waals surface area contributed by atoms with E-state index in [1.165, 1.54) is 6.07 Å². The molecule has 0 radical (unpaired) electrons. The molecule has 0 aliphatic carbocycles. The molecule has 1 unspecified atom stereocenters. The van der Waals surface area contributed by atoms with Gasteiger partial charge in [-0.15, -0.1) is 0 Å². The topological polar surface area (TPSA) is 64.8 Å². The van der Waals surface area contributed by atoms with Crippen LogP contribution in [-0.4, -0.2) is 49.8 Å². The van der Waals surface area contributed by atoms with Crippen LogP contribution < -0.4 is 5.73 Å². The number of ether oxygens (including phenoxy) is 2. The molecule has 0 amide bonds. The van der Waals surface area contributed by atoms with Gasteiger partial charge in [-0.3, -0.25) is 4.90 Å². The van der Waals surface area contributed by atoms with E-state index in [0.717, 1.165) is 19.6 Å². The maximum absolute atomic E-state index is 12.0. The molecule has 0 spiro atoms. The van der Waals surface area contributed by atoms with E-state index in [9.17, 15) is 4.79 Å². The zero-order valence-corrected chi connectivity index (χ0v) is 12.2. The number of carbonyl (C=O) groups excluding carboxylic acids is 1. The molecule has 1 saturated heterocycles. The van der Waals surface area contributed by atoms with E-state index in [0.29, 0.717) is 22.9 Å². The van der Waals surface area contributed by atoms with Crippen molar-refractivity contribution in [3.63, 3.8) is 0 Å². The lowest BCUT2D eigenvalue weighted by Crippen LogP contribution is -2.44. The minimum atomic E-state index is -0.470. The number of hydrogen-bond donors (Lipinski definition) is 1. The molecule has 1 heterocycles. The van der Waals surface area contributed by atoms with Crippen molar-refractivity contribution < 1.29 is 14.3 Å². The van der Waals surface area contributed by atoms with Crippen molar-refractivity contribution in [2.75, 3.05) is 38.6 Å². The summed E-state index contributed by atoms with van der Waals surface area (Å²) >= 11 is 5.85. The molecule has 0 saturated carbocycles. The average molecular weight is 299 g/mol. The zero-order chi connectivity index (χ0) is 14.5. The summed E-state index contributed by atoms with van der Waals surface area (Å²) in [6.07, 6.45) is -0.0898. The Hall–Kier alpha value is -1.30. The molecular formula is C14H19ClN2O3. The molecule has 1 aliphatic heterocycles. The number of carbonyl (C=O) groups is 1. The van der Waals surface area contributed by atoms with E-state index in [1.54, 1.807) is 12.1 Å². The highest BCUT2D eigenvalue weighted by Gasteiger charge is 2.21. The first-order valence-electron chi connectivity index (χ1n) is 6.66. The van der Waals surface area contributed by atoms with E-state index in [-0.39, 0.29) is 12.7 Å². The predicted molar refractivity (Wildman–Crippen MR) is 78.0 cm³/mol. The number of morpholine rings is 1. The summed E-state index contributed by atoms with van der Waals surface area (Å²) in [5, 5.41) is 0.456. The second-order valence-electron chi connectivity index (χ2n) is 4.72. The molecule has 5 nitrogen and oxygen atoms in total. The van der Waals surface area contributed by atoms with Crippen LogP contribution in [0.1, 0.15) is 17.3 Å². The molecule has 0 bridgehead atoms. The fraction of sp³-hybridized carbons (Fsp3) is 0.500. The van der Waals surface area contributed by atoms with Crippen LogP contribution in [-0.2, 0) is 9.47 Å². The van der Waals surface area contributed by atoms with Gasteiger partial charge in [0.25, 0.3) is 0 Å². The highest BCUT2D eigenvalue weighted by Crippen LogP contribution is 2.19. The molecule has 20 heavy (non-hydrogen) atoms. The van der Waals surface area contributed by atoms with Crippen LogP contribution in [0, 0.1) is 0 Å². The van der Waals surface area contributed by atoms with Crippen molar-refractivity contribution in [1.82, 2.24) is 4.90 Å². The largest absolute Gasteiger partial charge is 0.459 e. The maximum atomic E-state index is 12.0. The molecule has 110 valence electrons. The summed E-state index contributed by atoms with van der Waals surface area (Å²) < 4.78 is 10.8. The third kappa shape index (κ3) is 3.85. The average Bonchev–Trinajstić information content (AvgIpc) is 2.47. The van der Waals surface area contributed by atoms with E-state index in [4.69, 9.17) is 26.8 Å². The second kappa shape index (κ2) is 6.92. The van der Waals surface area contributed by atoms with Gasteiger partial charge >= 0.3 is 5.97 Å². The first-order chi connectivity index (χ1) is 9.60. The Bertz CT molecular complexity index is 481. The second-order valence-corrected chi connectivity index (χ2v) is 5.15. The lowest BCUT2D eigenvalue weighted by molar-refractivity contribution is -0.0578. The zero-order valence-electron chi connectivity index (χ0n) is 11.5. The molecule has 2 rings (SSSR count). The van der Waals surface area contributed by atoms with E-state index < -0.39 is 5.97 Å². The van der Waals surface area contributed by atoms with Crippen LogP contribution in [0.4, 0.5) is 5.69 Å². The van der Waals surface area contributed by atoms with Crippen molar-refractivity contribution in [2.24, 2.45) is 0 Å². The van der Waals surface area contributed by atoms with Crippen LogP contribution in [0.2, 0.25) is 5.02 Å². The summed E-state index contributed by atoms with van der Waals surface area (Å²) in [6, 6.07) is 4.74. The Balaban J connectivity index is 1.90. The molecule has 0 aromatic heterocycles. The smallest absolute Gasteiger partial charge is 0.340 e. The fourth-order valence-corrected chi connectivity index (χ4v) is 2.29. The first kappa shape index (κ1) is 15.1. The Kier molecular flexibility index (Phi) is 5.23. The van der Waals surface area contributed by atoms with Gasteiger partial charge < -0.3 is 15.2 Å². The number of nitrogens with two attached hydrogens (primary N) is 1. The third-order valence-corrected chi connectivity index (χ3v) is 3.54. The normalized spacial score (nSPS) is 19.8. The van der Waals surface area contributed by atoms with Crippen molar-refractivity contribution >= 4 is 23.3 Å². The molecule has 1 aromatic rings. The van der Waals surface area contributed by atoms with Gasteiger partial charge in [0.05, 0.1) is 12.2 Å². The van der Waals surface area contributed by atoms with E-state index in [1.807, 2.05) is 0 Å². The Morgan fingerprint density at radius 1 is 1.60 bits per heavy atom. The SMILES string of the molecule is CCN1CCOC(COC(=O)c2cc(Cl)ccc2N)C1. The summed E-state index contributed by atoms with van der Waals surface area (Å²) in [6.45, 7) is 5.64. The monoisotopic (exact) mass is 298 g/mol. The quantitative estimate of drug-likeness (QED) is 0.678. The van der Waals surface area contributed by atoms with Crippen LogP contribution in [0.3, 0.4) is 0 Å². The number of benzene rings is 1. The molecule has 2 N–H and O–H groups in total. The van der Waals surface area contributed by atoms with Gasteiger partial charge in [-0.05, 0) is 24.7 Å². The van der Waals surface area contributed by atoms with Crippen LogP contribution in [0.5, 0.6) is 0 Å². The molecule has 1 aromatic carbocycles. The number of rotatable bonds is 4. The van der Waals surface area contributed by atoms with Gasteiger partial charge in [-0.1, -0.05) is 18.5 Å². The minimum absolute atomic E-state index is 0.0898. The van der Waals surface area contributed by atoms with E-state index >= 15 is 0 Å². The molecule has 1 atom stereocenters. The highest BCUT2D eigenvalue weighted by atomic mass is 35.5.